The lowest BCUT2D eigenvalue weighted by atomic mass is 10.1. The lowest BCUT2D eigenvalue weighted by Crippen LogP contribution is -2.49. The lowest BCUT2D eigenvalue weighted by molar-refractivity contribution is 0.0630. The zero-order valence-electron chi connectivity index (χ0n) is 13.9. The highest BCUT2D eigenvalue weighted by atomic mass is 16.2. The van der Waals surface area contributed by atoms with Crippen LogP contribution in [0, 0.1) is 0 Å². The van der Waals surface area contributed by atoms with Gasteiger partial charge in [0.15, 0.2) is 0 Å². The molecule has 1 saturated heterocycles. The quantitative estimate of drug-likeness (QED) is 0.833. The van der Waals surface area contributed by atoms with Crippen LogP contribution in [0.2, 0.25) is 0 Å². The highest BCUT2D eigenvalue weighted by molar-refractivity contribution is 5.92. The van der Waals surface area contributed by atoms with Crippen LogP contribution in [0.15, 0.2) is 47.3 Å². The predicted molar refractivity (Wildman–Crippen MR) is 92.0 cm³/mol. The summed E-state index contributed by atoms with van der Waals surface area (Å²) < 4.78 is 1.20. The molecule has 2 heterocycles. The predicted octanol–water partition coefficient (Wildman–Crippen LogP) is 0.781. The first-order chi connectivity index (χ1) is 11.6. The molecule has 0 spiro atoms. The van der Waals surface area contributed by atoms with Gasteiger partial charge in [0.25, 0.3) is 11.5 Å². The van der Waals surface area contributed by atoms with Gasteiger partial charge in [-0.3, -0.25) is 14.5 Å². The van der Waals surface area contributed by atoms with Crippen LogP contribution >= 0.6 is 0 Å². The van der Waals surface area contributed by atoms with E-state index >= 15 is 0 Å². The minimum atomic E-state index is -0.211. The Balaban J connectivity index is 1.52. The summed E-state index contributed by atoms with van der Waals surface area (Å²) in [5, 5.41) is 4.04. The van der Waals surface area contributed by atoms with Crippen molar-refractivity contribution in [1.29, 1.82) is 0 Å². The second-order valence-corrected chi connectivity index (χ2v) is 6.05. The molecule has 1 fully saturated rings. The van der Waals surface area contributed by atoms with E-state index in [0.29, 0.717) is 18.8 Å². The van der Waals surface area contributed by atoms with Gasteiger partial charge in [-0.25, -0.2) is 4.68 Å². The molecular formula is C18H22N4O2. The standard InChI is InChI=1S/C18H22N4O2/c1-20-17(23)8-7-16(19-20)18(24)22-13-11-21(12-14-22)10-9-15-5-3-2-4-6-15/h2-8H,9-14H2,1H3. The Morgan fingerprint density at radius 2 is 1.75 bits per heavy atom. The van der Waals surface area contributed by atoms with Crippen LogP contribution in [0.4, 0.5) is 0 Å². The second-order valence-electron chi connectivity index (χ2n) is 6.05. The molecule has 1 amide bonds. The van der Waals surface area contributed by atoms with Crippen LogP contribution in [-0.2, 0) is 13.5 Å². The first kappa shape index (κ1) is 16.4. The minimum absolute atomic E-state index is 0.103. The number of aromatic nitrogens is 2. The molecule has 24 heavy (non-hydrogen) atoms. The fourth-order valence-corrected chi connectivity index (χ4v) is 2.88. The van der Waals surface area contributed by atoms with E-state index in [-0.39, 0.29) is 11.5 Å². The fraction of sp³-hybridized carbons (Fsp3) is 0.389. The fourth-order valence-electron chi connectivity index (χ4n) is 2.88. The van der Waals surface area contributed by atoms with Crippen LogP contribution in [0.1, 0.15) is 16.1 Å². The SMILES string of the molecule is Cn1nc(C(=O)N2CCN(CCc3ccccc3)CC2)ccc1=O. The van der Waals surface area contributed by atoms with E-state index in [1.807, 2.05) is 11.0 Å². The molecule has 0 N–H and O–H groups in total. The maximum absolute atomic E-state index is 12.5. The Hall–Kier alpha value is -2.47. The number of benzene rings is 1. The number of carbonyl (C=O) groups is 1. The smallest absolute Gasteiger partial charge is 0.274 e. The van der Waals surface area contributed by atoms with E-state index in [2.05, 4.69) is 34.3 Å². The van der Waals surface area contributed by atoms with Gasteiger partial charge in [-0.2, -0.15) is 5.10 Å². The summed E-state index contributed by atoms with van der Waals surface area (Å²) in [6, 6.07) is 13.3. The number of piperazine rings is 1. The molecule has 0 saturated carbocycles. The van der Waals surface area contributed by atoms with Crippen LogP contribution in [0.25, 0.3) is 0 Å². The molecule has 6 heteroatoms. The number of amides is 1. The third-order valence-corrected chi connectivity index (χ3v) is 4.40. The molecule has 1 aromatic heterocycles. The van der Waals surface area contributed by atoms with Gasteiger partial charge in [-0.05, 0) is 18.1 Å². The highest BCUT2D eigenvalue weighted by Gasteiger charge is 2.23. The Bertz CT molecular complexity index is 749. The second kappa shape index (κ2) is 7.40. The first-order valence-corrected chi connectivity index (χ1v) is 8.23. The largest absolute Gasteiger partial charge is 0.335 e. The lowest BCUT2D eigenvalue weighted by Gasteiger charge is -2.34. The van der Waals surface area contributed by atoms with Crippen molar-refractivity contribution in [3.8, 4) is 0 Å². The molecule has 1 aliphatic rings. The van der Waals surface area contributed by atoms with E-state index < -0.39 is 0 Å². The molecule has 0 aliphatic carbocycles. The van der Waals surface area contributed by atoms with Crippen molar-refractivity contribution in [2.45, 2.75) is 6.42 Å². The molecule has 0 atom stereocenters. The van der Waals surface area contributed by atoms with Crippen LogP contribution in [0.5, 0.6) is 0 Å². The maximum atomic E-state index is 12.5. The Labute approximate surface area is 141 Å². The number of hydrogen-bond donors (Lipinski definition) is 0. The van der Waals surface area contributed by atoms with Crippen LogP contribution < -0.4 is 5.56 Å². The van der Waals surface area contributed by atoms with Crippen molar-refractivity contribution in [1.82, 2.24) is 19.6 Å². The molecule has 0 radical (unpaired) electrons. The van der Waals surface area contributed by atoms with Gasteiger partial charge in [0.1, 0.15) is 5.69 Å². The average Bonchev–Trinajstić information content (AvgIpc) is 2.63. The number of hydrogen-bond acceptors (Lipinski definition) is 4. The molecule has 1 aromatic carbocycles. The average molecular weight is 326 g/mol. The third kappa shape index (κ3) is 3.89. The van der Waals surface area contributed by atoms with Gasteiger partial charge < -0.3 is 4.90 Å². The van der Waals surface area contributed by atoms with E-state index in [1.54, 1.807) is 7.05 Å². The van der Waals surface area contributed by atoms with E-state index in [0.717, 1.165) is 26.1 Å². The topological polar surface area (TPSA) is 58.4 Å². The monoisotopic (exact) mass is 326 g/mol. The van der Waals surface area contributed by atoms with Crippen LogP contribution in [0.3, 0.4) is 0 Å². The van der Waals surface area contributed by atoms with Crippen molar-refractivity contribution < 1.29 is 4.79 Å². The van der Waals surface area contributed by atoms with Gasteiger partial charge in [-0.15, -0.1) is 0 Å². The van der Waals surface area contributed by atoms with Crippen molar-refractivity contribution in [3.05, 3.63) is 64.1 Å². The van der Waals surface area contributed by atoms with E-state index in [9.17, 15) is 9.59 Å². The van der Waals surface area contributed by atoms with Crippen molar-refractivity contribution in [3.63, 3.8) is 0 Å². The Kier molecular flexibility index (Phi) is 5.05. The van der Waals surface area contributed by atoms with E-state index in [4.69, 9.17) is 0 Å². The zero-order chi connectivity index (χ0) is 16.9. The van der Waals surface area contributed by atoms with Gasteiger partial charge in [-0.1, -0.05) is 30.3 Å². The molecule has 0 unspecified atom stereocenters. The Morgan fingerprint density at radius 3 is 2.42 bits per heavy atom. The zero-order valence-corrected chi connectivity index (χ0v) is 13.9. The maximum Gasteiger partial charge on any atom is 0.274 e. The van der Waals surface area contributed by atoms with E-state index in [1.165, 1.54) is 22.4 Å². The molecule has 0 bridgehead atoms. The summed E-state index contributed by atoms with van der Waals surface area (Å²) in [5.74, 6) is -0.103. The number of nitrogens with zero attached hydrogens (tertiary/aromatic N) is 4. The van der Waals surface area contributed by atoms with Gasteiger partial charge >= 0.3 is 0 Å². The Morgan fingerprint density at radius 1 is 1.04 bits per heavy atom. The van der Waals surface area contributed by atoms with Crippen LogP contribution in [-0.4, -0.2) is 58.2 Å². The molecule has 126 valence electrons. The van der Waals surface area contributed by atoms with Crippen molar-refractivity contribution in [2.75, 3.05) is 32.7 Å². The number of aryl methyl sites for hydroxylation is 1. The first-order valence-electron chi connectivity index (χ1n) is 8.23. The summed E-state index contributed by atoms with van der Waals surface area (Å²) >= 11 is 0. The molecule has 6 nitrogen and oxygen atoms in total. The van der Waals surface area contributed by atoms with Gasteiger partial charge in [0, 0.05) is 45.8 Å². The van der Waals surface area contributed by atoms with Gasteiger partial charge in [0.05, 0.1) is 0 Å². The van der Waals surface area contributed by atoms with Crippen molar-refractivity contribution in [2.24, 2.45) is 7.05 Å². The normalized spacial score (nSPS) is 15.5. The summed E-state index contributed by atoms with van der Waals surface area (Å²) in [7, 11) is 1.56. The van der Waals surface area contributed by atoms with Crippen molar-refractivity contribution >= 4 is 5.91 Å². The summed E-state index contributed by atoms with van der Waals surface area (Å²) in [6.45, 7) is 4.12. The minimum Gasteiger partial charge on any atom is -0.335 e. The number of rotatable bonds is 4. The highest BCUT2D eigenvalue weighted by Crippen LogP contribution is 2.08. The molecule has 2 aromatic rings. The number of carbonyl (C=O) groups excluding carboxylic acids is 1. The molecule has 1 aliphatic heterocycles. The third-order valence-electron chi connectivity index (χ3n) is 4.40. The van der Waals surface area contributed by atoms with Gasteiger partial charge in [0.2, 0.25) is 0 Å². The summed E-state index contributed by atoms with van der Waals surface area (Å²) in [5.41, 5.74) is 1.46. The summed E-state index contributed by atoms with van der Waals surface area (Å²) in [4.78, 5) is 28.0. The molecular weight excluding hydrogens is 304 g/mol. The summed E-state index contributed by atoms with van der Waals surface area (Å²) in [6.07, 6.45) is 1.02. The molecule has 3 rings (SSSR count).